The van der Waals surface area contributed by atoms with Gasteiger partial charge in [0.15, 0.2) is 0 Å². The van der Waals surface area contributed by atoms with Crippen molar-refractivity contribution in [2.45, 2.75) is 39.3 Å². The highest BCUT2D eigenvalue weighted by Crippen LogP contribution is 2.20. The highest BCUT2D eigenvalue weighted by Gasteiger charge is 2.24. The van der Waals surface area contributed by atoms with E-state index in [4.69, 9.17) is 21.1 Å². The molecule has 0 bridgehead atoms. The number of hydrogen-bond acceptors (Lipinski definition) is 8. The fourth-order valence-corrected chi connectivity index (χ4v) is 4.26. The fourth-order valence-electron chi connectivity index (χ4n) is 4.07. The van der Waals surface area contributed by atoms with Crippen LogP contribution in [-0.4, -0.2) is 66.3 Å². The molecule has 3 aromatic rings. The number of rotatable bonds is 14. The molecule has 0 radical (unpaired) electrons. The molecule has 0 aliphatic rings. The van der Waals surface area contributed by atoms with Crippen LogP contribution in [-0.2, 0) is 25.6 Å². The molecule has 4 amide bonds. The normalized spacial score (nSPS) is 11.3. The number of pyridine rings is 1. The molecule has 12 nitrogen and oxygen atoms in total. The van der Waals surface area contributed by atoms with Gasteiger partial charge in [-0.05, 0) is 42.8 Å². The molecular formula is C29H34ClFN6O6. The van der Waals surface area contributed by atoms with Crippen molar-refractivity contribution < 1.29 is 33.0 Å². The minimum Gasteiger partial charge on any atom is -0.465 e. The topological polar surface area (TPSA) is 151 Å². The Morgan fingerprint density at radius 3 is 2.56 bits per heavy atom. The summed E-state index contributed by atoms with van der Waals surface area (Å²) in [6.07, 6.45) is 1.52. The van der Waals surface area contributed by atoms with Gasteiger partial charge in [0.1, 0.15) is 24.8 Å². The van der Waals surface area contributed by atoms with Crippen LogP contribution in [0.2, 0.25) is 5.02 Å². The highest BCUT2D eigenvalue weighted by atomic mass is 35.5. The lowest BCUT2D eigenvalue weighted by atomic mass is 10.1. The first kappa shape index (κ1) is 33.0. The minimum absolute atomic E-state index is 0.0222. The van der Waals surface area contributed by atoms with E-state index in [0.717, 1.165) is 10.8 Å². The molecule has 0 spiro atoms. The first-order valence-electron chi connectivity index (χ1n) is 13.6. The largest absolute Gasteiger partial charge is 0.465 e. The minimum atomic E-state index is -0.777. The Kier molecular flexibility index (Phi) is 12.9. The van der Waals surface area contributed by atoms with E-state index < -0.39 is 35.9 Å². The second-order valence-electron chi connectivity index (χ2n) is 9.29. The number of hydrazine groups is 1. The number of benzene rings is 2. The predicted molar refractivity (Wildman–Crippen MR) is 159 cm³/mol. The van der Waals surface area contributed by atoms with E-state index in [1.54, 1.807) is 25.3 Å². The summed E-state index contributed by atoms with van der Waals surface area (Å²) in [5.41, 5.74) is 3.37. The fraction of sp³-hybridized carbons (Fsp3) is 0.345. The molecular weight excluding hydrogens is 583 g/mol. The average molecular weight is 617 g/mol. The first-order valence-corrected chi connectivity index (χ1v) is 14.0. The van der Waals surface area contributed by atoms with Crippen LogP contribution in [0.1, 0.15) is 32.3 Å². The summed E-state index contributed by atoms with van der Waals surface area (Å²) in [5, 5.41) is 10.6. The number of urea groups is 1. The van der Waals surface area contributed by atoms with Gasteiger partial charge in [0.05, 0.1) is 17.7 Å². The van der Waals surface area contributed by atoms with Gasteiger partial charge in [-0.3, -0.25) is 19.9 Å². The average Bonchev–Trinajstić information content (AvgIpc) is 2.98. The van der Waals surface area contributed by atoms with Crippen LogP contribution in [0, 0.1) is 5.82 Å². The monoisotopic (exact) mass is 616 g/mol. The SMILES string of the molecule is CCOC(=O)CNC(=O)NCCC[C@@H](COC(=O)Nc1cc2ccccc2cn1)N(NCc1cccc(F)c1Cl)C(C)=O. The Hall–Kier alpha value is -4.49. The number of anilines is 1. The van der Waals surface area contributed by atoms with Crippen molar-refractivity contribution in [2.75, 3.05) is 31.6 Å². The lowest BCUT2D eigenvalue weighted by Crippen LogP contribution is -2.51. The van der Waals surface area contributed by atoms with Crippen molar-refractivity contribution in [3.05, 3.63) is 71.1 Å². The molecule has 230 valence electrons. The van der Waals surface area contributed by atoms with Crippen molar-refractivity contribution in [1.82, 2.24) is 26.1 Å². The van der Waals surface area contributed by atoms with Gasteiger partial charge >= 0.3 is 18.1 Å². The maximum Gasteiger partial charge on any atom is 0.412 e. The van der Waals surface area contributed by atoms with Crippen LogP contribution < -0.4 is 21.4 Å². The second kappa shape index (κ2) is 16.8. The molecule has 0 fully saturated rings. The Balaban J connectivity index is 1.62. The van der Waals surface area contributed by atoms with Gasteiger partial charge in [-0.2, -0.15) is 0 Å². The molecule has 43 heavy (non-hydrogen) atoms. The maximum absolute atomic E-state index is 13.9. The number of esters is 1. The number of fused-ring (bicyclic) bond motifs is 1. The Morgan fingerprint density at radius 2 is 1.81 bits per heavy atom. The number of amides is 4. The molecule has 1 heterocycles. The van der Waals surface area contributed by atoms with Crippen LogP contribution in [0.25, 0.3) is 10.8 Å². The van der Waals surface area contributed by atoms with Crippen LogP contribution in [0.15, 0.2) is 54.7 Å². The number of nitrogens with zero attached hydrogens (tertiary/aromatic N) is 2. The summed E-state index contributed by atoms with van der Waals surface area (Å²) < 4.78 is 24.1. The number of hydrogen-bond donors (Lipinski definition) is 4. The van der Waals surface area contributed by atoms with Gasteiger partial charge in [-0.25, -0.2) is 24.4 Å². The summed E-state index contributed by atoms with van der Waals surface area (Å²) in [7, 11) is 0. The van der Waals surface area contributed by atoms with E-state index in [-0.39, 0.29) is 37.9 Å². The van der Waals surface area contributed by atoms with Gasteiger partial charge < -0.3 is 20.1 Å². The molecule has 0 saturated carbocycles. The molecule has 1 atom stereocenters. The van der Waals surface area contributed by atoms with Crippen molar-refractivity contribution >= 4 is 52.2 Å². The quantitative estimate of drug-likeness (QED) is 0.120. The third-order valence-electron chi connectivity index (χ3n) is 6.14. The van der Waals surface area contributed by atoms with E-state index in [9.17, 15) is 23.6 Å². The second-order valence-corrected chi connectivity index (χ2v) is 9.67. The van der Waals surface area contributed by atoms with E-state index in [2.05, 4.69) is 26.4 Å². The van der Waals surface area contributed by atoms with Gasteiger partial charge in [-0.1, -0.05) is 48.0 Å². The smallest absolute Gasteiger partial charge is 0.412 e. The number of carbonyl (C=O) groups excluding carboxylic acids is 4. The molecule has 2 aromatic carbocycles. The van der Waals surface area contributed by atoms with E-state index in [1.807, 2.05) is 24.3 Å². The Labute approximate surface area is 253 Å². The van der Waals surface area contributed by atoms with Crippen molar-refractivity contribution in [1.29, 1.82) is 0 Å². The van der Waals surface area contributed by atoms with Crippen molar-refractivity contribution in [3.8, 4) is 0 Å². The molecule has 1 aromatic heterocycles. The summed E-state index contributed by atoms with van der Waals surface area (Å²) in [4.78, 5) is 52.9. The third kappa shape index (κ3) is 10.7. The number of ether oxygens (including phenoxy) is 2. The van der Waals surface area contributed by atoms with Gasteiger partial charge in [0, 0.05) is 31.6 Å². The molecule has 4 N–H and O–H groups in total. The Morgan fingerprint density at radius 1 is 1.05 bits per heavy atom. The highest BCUT2D eigenvalue weighted by molar-refractivity contribution is 6.31. The zero-order valence-corrected chi connectivity index (χ0v) is 24.6. The van der Waals surface area contributed by atoms with Crippen LogP contribution in [0.5, 0.6) is 0 Å². The predicted octanol–water partition coefficient (Wildman–Crippen LogP) is 4.14. The number of carbonyl (C=O) groups is 4. The maximum atomic E-state index is 13.9. The van der Waals surface area contributed by atoms with E-state index >= 15 is 0 Å². The summed E-state index contributed by atoms with van der Waals surface area (Å²) >= 11 is 6.07. The zero-order valence-electron chi connectivity index (χ0n) is 23.8. The summed E-state index contributed by atoms with van der Waals surface area (Å²) in [6.45, 7) is 2.92. The van der Waals surface area contributed by atoms with Crippen LogP contribution >= 0.6 is 11.6 Å². The summed E-state index contributed by atoms with van der Waals surface area (Å²) in [5.74, 6) is -1.26. The molecule has 0 unspecified atom stereocenters. The number of nitrogens with one attached hydrogen (secondary N) is 4. The zero-order chi connectivity index (χ0) is 31.2. The van der Waals surface area contributed by atoms with Gasteiger partial charge in [-0.15, -0.1) is 0 Å². The third-order valence-corrected chi connectivity index (χ3v) is 6.57. The first-order chi connectivity index (χ1) is 20.7. The van der Waals surface area contributed by atoms with E-state index in [1.165, 1.54) is 24.1 Å². The molecule has 0 aliphatic carbocycles. The Bertz CT molecular complexity index is 1430. The molecule has 0 aliphatic heterocycles. The van der Waals surface area contributed by atoms with Gasteiger partial charge in [0.25, 0.3) is 0 Å². The number of aromatic nitrogens is 1. The molecule has 3 rings (SSSR count). The molecule has 14 heteroatoms. The van der Waals surface area contributed by atoms with Crippen LogP contribution in [0.3, 0.4) is 0 Å². The lowest BCUT2D eigenvalue weighted by Gasteiger charge is -2.31. The van der Waals surface area contributed by atoms with Crippen molar-refractivity contribution in [2.24, 2.45) is 0 Å². The lowest BCUT2D eigenvalue weighted by molar-refractivity contribution is -0.141. The number of halogens is 2. The van der Waals surface area contributed by atoms with Crippen LogP contribution in [0.4, 0.5) is 19.8 Å². The summed E-state index contributed by atoms with van der Waals surface area (Å²) in [6, 6.07) is 12.3. The standard InChI is InChI=1S/C29H34ClFN6O6/c1-3-42-26(39)17-34-28(40)32-13-7-11-23(37(19(2)38)35-16-22-10-6-12-24(31)27(22)30)18-43-29(41)36-25-14-20-8-4-5-9-21(20)15-33-25/h4-6,8-10,12,14-15,23,35H,3,7,11,13,16-18H2,1-2H3,(H2,32,34,40)(H,33,36,41)/t23-/m0/s1. The van der Waals surface area contributed by atoms with E-state index in [0.29, 0.717) is 24.2 Å². The molecule has 0 saturated heterocycles. The van der Waals surface area contributed by atoms with Crippen molar-refractivity contribution in [3.63, 3.8) is 0 Å². The van der Waals surface area contributed by atoms with Gasteiger partial charge in [0.2, 0.25) is 5.91 Å².